The summed E-state index contributed by atoms with van der Waals surface area (Å²) in [5, 5.41) is 5.66. The number of hydrogen-bond donors (Lipinski definition) is 3. The first-order chi connectivity index (χ1) is 12.1. The van der Waals surface area contributed by atoms with Crippen molar-refractivity contribution in [2.75, 3.05) is 13.1 Å². The van der Waals surface area contributed by atoms with Crippen LogP contribution >= 0.6 is 0 Å². The van der Waals surface area contributed by atoms with E-state index in [1.165, 1.54) is 0 Å². The zero-order valence-electron chi connectivity index (χ0n) is 17.0. The first-order valence-electron chi connectivity index (χ1n) is 9.74. The van der Waals surface area contributed by atoms with Crippen LogP contribution in [0.25, 0.3) is 0 Å². The van der Waals surface area contributed by atoms with E-state index in [1.807, 2.05) is 20.8 Å². The lowest BCUT2D eigenvalue weighted by molar-refractivity contribution is -0.142. The van der Waals surface area contributed by atoms with E-state index in [4.69, 9.17) is 5.73 Å². The van der Waals surface area contributed by atoms with Crippen molar-refractivity contribution in [2.45, 2.75) is 72.5 Å². The predicted molar refractivity (Wildman–Crippen MR) is 102 cm³/mol. The Kier molecular flexibility index (Phi) is 8.53. The molecule has 1 rings (SSSR count). The smallest absolute Gasteiger partial charge is 0.246 e. The summed E-state index contributed by atoms with van der Waals surface area (Å²) in [5.74, 6) is -0.108. The minimum Gasteiger partial charge on any atom is -0.354 e. The van der Waals surface area contributed by atoms with Crippen LogP contribution in [0.2, 0.25) is 0 Å². The van der Waals surface area contributed by atoms with Crippen molar-refractivity contribution in [3.05, 3.63) is 0 Å². The maximum atomic E-state index is 13.2. The molecule has 0 unspecified atom stereocenters. The molecule has 26 heavy (non-hydrogen) atoms. The third-order valence-electron chi connectivity index (χ3n) is 5.06. The van der Waals surface area contributed by atoms with Crippen molar-refractivity contribution in [2.24, 2.45) is 23.5 Å². The molecular weight excluding hydrogens is 332 g/mol. The van der Waals surface area contributed by atoms with Crippen LogP contribution < -0.4 is 16.4 Å². The van der Waals surface area contributed by atoms with E-state index in [0.717, 1.165) is 6.42 Å². The quantitative estimate of drug-likeness (QED) is 0.591. The second kappa shape index (κ2) is 9.90. The van der Waals surface area contributed by atoms with Crippen molar-refractivity contribution < 1.29 is 14.4 Å². The largest absolute Gasteiger partial charge is 0.354 e. The number of nitrogens with two attached hydrogens (primary N) is 1. The average Bonchev–Trinajstić information content (AvgIpc) is 3.01. The molecule has 3 amide bonds. The minimum atomic E-state index is -0.685. The van der Waals surface area contributed by atoms with Crippen LogP contribution in [0.3, 0.4) is 0 Å². The Balaban J connectivity index is 3.01. The number of amides is 3. The first kappa shape index (κ1) is 22.4. The van der Waals surface area contributed by atoms with Crippen LogP contribution in [-0.4, -0.2) is 53.8 Å². The summed E-state index contributed by atoms with van der Waals surface area (Å²) in [5.41, 5.74) is 5.63. The number of carbonyl (C=O) groups excluding carboxylic acids is 3. The van der Waals surface area contributed by atoms with Crippen molar-refractivity contribution in [1.82, 2.24) is 15.5 Å². The second-order valence-electron chi connectivity index (χ2n) is 8.06. The monoisotopic (exact) mass is 368 g/mol. The van der Waals surface area contributed by atoms with E-state index in [2.05, 4.69) is 24.5 Å². The fraction of sp³-hybridized carbons (Fsp3) is 0.842. The van der Waals surface area contributed by atoms with Crippen molar-refractivity contribution in [1.29, 1.82) is 0 Å². The molecule has 0 aromatic heterocycles. The van der Waals surface area contributed by atoms with Gasteiger partial charge in [0.15, 0.2) is 0 Å². The first-order valence-corrected chi connectivity index (χ1v) is 9.74. The van der Waals surface area contributed by atoms with Crippen LogP contribution in [0.4, 0.5) is 0 Å². The van der Waals surface area contributed by atoms with Crippen LogP contribution in [0, 0.1) is 17.8 Å². The average molecular weight is 369 g/mol. The number of hydrogen-bond acceptors (Lipinski definition) is 4. The molecule has 150 valence electrons. The van der Waals surface area contributed by atoms with Gasteiger partial charge in [-0.15, -0.1) is 0 Å². The molecule has 0 aliphatic carbocycles. The third kappa shape index (κ3) is 5.69. The Bertz CT molecular complexity index is 505. The molecule has 0 saturated carbocycles. The molecule has 0 aromatic carbocycles. The Morgan fingerprint density at radius 3 is 2.23 bits per heavy atom. The highest BCUT2D eigenvalue weighted by atomic mass is 16.2. The minimum absolute atomic E-state index is 0.0948. The third-order valence-corrected chi connectivity index (χ3v) is 5.06. The molecular formula is C19H36N4O3. The van der Waals surface area contributed by atoms with Gasteiger partial charge in [-0.2, -0.15) is 0 Å². The summed E-state index contributed by atoms with van der Waals surface area (Å²) in [6, 6.07) is -1.84. The number of nitrogens with zero attached hydrogens (tertiary/aromatic N) is 1. The maximum absolute atomic E-state index is 13.2. The van der Waals surface area contributed by atoms with E-state index in [9.17, 15) is 14.4 Å². The molecule has 0 spiro atoms. The highest BCUT2D eigenvalue weighted by Crippen LogP contribution is 2.30. The zero-order valence-corrected chi connectivity index (χ0v) is 17.0. The standard InChI is InChI=1S/C19H36N4O3/c1-7-8-21-18(25)15-9-14(11(2)3)10-23(15)19(26)16(12(4)5)22-17(24)13(6)20/h11-16H,7-10,20H2,1-6H3,(H,21,25)(H,22,24)/t13-,14-,15-,16-/m0/s1. The van der Waals surface area contributed by atoms with Gasteiger partial charge in [-0.1, -0.05) is 34.6 Å². The molecule has 1 aliphatic heterocycles. The van der Waals surface area contributed by atoms with Gasteiger partial charge in [0, 0.05) is 13.1 Å². The van der Waals surface area contributed by atoms with E-state index >= 15 is 0 Å². The van der Waals surface area contributed by atoms with Gasteiger partial charge in [-0.3, -0.25) is 14.4 Å². The van der Waals surface area contributed by atoms with Crippen LogP contribution in [0.1, 0.15) is 54.4 Å². The summed E-state index contributed by atoms with van der Waals surface area (Å²) < 4.78 is 0. The van der Waals surface area contributed by atoms with Crippen molar-refractivity contribution in [3.63, 3.8) is 0 Å². The number of rotatable bonds is 8. The molecule has 1 fully saturated rings. The molecule has 7 nitrogen and oxygen atoms in total. The number of nitrogens with one attached hydrogen (secondary N) is 2. The normalized spacial score (nSPS) is 22.4. The van der Waals surface area contributed by atoms with Crippen molar-refractivity contribution >= 4 is 17.7 Å². The summed E-state index contributed by atoms with van der Waals surface area (Å²) in [6.45, 7) is 12.7. The predicted octanol–water partition coefficient (Wildman–Crippen LogP) is 0.874. The van der Waals surface area contributed by atoms with Crippen LogP contribution in [0.15, 0.2) is 0 Å². The molecule has 1 saturated heterocycles. The lowest BCUT2D eigenvalue weighted by Gasteiger charge is -2.31. The second-order valence-corrected chi connectivity index (χ2v) is 8.06. The van der Waals surface area contributed by atoms with Gasteiger partial charge in [0.25, 0.3) is 0 Å². The van der Waals surface area contributed by atoms with Crippen molar-refractivity contribution in [3.8, 4) is 0 Å². The van der Waals surface area contributed by atoms with E-state index in [-0.39, 0.29) is 29.6 Å². The van der Waals surface area contributed by atoms with Gasteiger partial charge in [0.1, 0.15) is 12.1 Å². The molecule has 0 radical (unpaired) electrons. The Morgan fingerprint density at radius 1 is 1.15 bits per heavy atom. The maximum Gasteiger partial charge on any atom is 0.246 e. The highest BCUT2D eigenvalue weighted by molar-refractivity contribution is 5.93. The summed E-state index contributed by atoms with van der Waals surface area (Å²) in [4.78, 5) is 39.5. The molecule has 0 aromatic rings. The SMILES string of the molecule is CCCNC(=O)[C@@H]1C[C@H](C(C)C)CN1C(=O)[C@@H](NC(=O)[C@H](C)N)C(C)C. The van der Waals surface area contributed by atoms with Crippen LogP contribution in [0.5, 0.6) is 0 Å². The van der Waals surface area contributed by atoms with Crippen LogP contribution in [-0.2, 0) is 14.4 Å². The van der Waals surface area contributed by atoms with E-state index < -0.39 is 18.1 Å². The summed E-state index contributed by atoms with van der Waals surface area (Å²) in [6.07, 6.45) is 1.50. The Hall–Kier alpha value is -1.63. The van der Waals surface area contributed by atoms with Gasteiger partial charge in [-0.05, 0) is 37.5 Å². The zero-order chi connectivity index (χ0) is 20.0. The van der Waals surface area contributed by atoms with E-state index in [1.54, 1.807) is 11.8 Å². The molecule has 0 bridgehead atoms. The molecule has 1 aliphatic rings. The lowest BCUT2D eigenvalue weighted by atomic mass is 9.93. The fourth-order valence-electron chi connectivity index (χ4n) is 3.19. The summed E-state index contributed by atoms with van der Waals surface area (Å²) >= 11 is 0. The Morgan fingerprint density at radius 2 is 1.77 bits per heavy atom. The summed E-state index contributed by atoms with van der Waals surface area (Å²) in [7, 11) is 0. The number of likely N-dealkylation sites (tertiary alicyclic amines) is 1. The molecule has 7 heteroatoms. The van der Waals surface area contributed by atoms with E-state index in [0.29, 0.717) is 25.4 Å². The molecule has 4 atom stereocenters. The highest BCUT2D eigenvalue weighted by Gasteiger charge is 2.43. The topological polar surface area (TPSA) is 105 Å². The van der Waals surface area contributed by atoms with Gasteiger partial charge >= 0.3 is 0 Å². The van der Waals surface area contributed by atoms with Gasteiger partial charge in [0.2, 0.25) is 17.7 Å². The number of carbonyl (C=O) groups is 3. The Labute approximate surface area is 157 Å². The fourth-order valence-corrected chi connectivity index (χ4v) is 3.19. The molecule has 4 N–H and O–H groups in total. The van der Waals surface area contributed by atoms with Gasteiger partial charge in [0.05, 0.1) is 6.04 Å². The van der Waals surface area contributed by atoms with Gasteiger partial charge in [-0.25, -0.2) is 0 Å². The van der Waals surface area contributed by atoms with Gasteiger partial charge < -0.3 is 21.3 Å². The molecule has 1 heterocycles. The lowest BCUT2D eigenvalue weighted by Crippen LogP contribution is -2.57.